The number of thiazole rings is 1. The highest BCUT2D eigenvalue weighted by Crippen LogP contribution is 2.38. The summed E-state index contributed by atoms with van der Waals surface area (Å²) < 4.78 is 38.2. The standard InChI is InChI=1S/C37H32FN3O6S/c1-22-33(35(42)40-26-11-6-5-7-12-26)34(28-15-14-27(44-2)20-30(28)45-3)41-36(43)32(48-37(41)39-22)19-23-13-16-29(31(18-23)46-4)47-21-24-9-8-10-25(38)17-24/h5-20,34H,21H2,1-4H3,(H,40,42)/b32-19-/t34-/m0/s1. The molecular weight excluding hydrogens is 633 g/mol. The summed E-state index contributed by atoms with van der Waals surface area (Å²) in [5, 5.41) is 2.95. The third-order valence-electron chi connectivity index (χ3n) is 7.80. The summed E-state index contributed by atoms with van der Waals surface area (Å²) in [5.41, 5.74) is 3.02. The fraction of sp³-hybridized carbons (Fsp3) is 0.162. The number of halogens is 1. The molecule has 6 rings (SSSR count). The lowest BCUT2D eigenvalue weighted by molar-refractivity contribution is -0.113. The van der Waals surface area contributed by atoms with E-state index in [1.54, 1.807) is 80.8 Å². The number of benzene rings is 4. The van der Waals surface area contributed by atoms with Gasteiger partial charge < -0.3 is 24.3 Å². The van der Waals surface area contributed by atoms with E-state index in [0.717, 1.165) is 0 Å². The van der Waals surface area contributed by atoms with Crippen LogP contribution in [0.25, 0.3) is 6.08 Å². The third-order valence-corrected chi connectivity index (χ3v) is 8.78. The maximum Gasteiger partial charge on any atom is 0.271 e. The van der Waals surface area contributed by atoms with Crippen LogP contribution < -0.4 is 39.2 Å². The first-order chi connectivity index (χ1) is 23.3. The molecular formula is C37H32FN3O6S. The number of fused-ring (bicyclic) bond motifs is 1. The molecule has 0 radical (unpaired) electrons. The number of amides is 1. The van der Waals surface area contributed by atoms with Crippen molar-refractivity contribution in [2.24, 2.45) is 4.99 Å². The van der Waals surface area contributed by atoms with Crippen LogP contribution in [0.4, 0.5) is 10.1 Å². The molecule has 0 fully saturated rings. The molecule has 0 aliphatic carbocycles. The van der Waals surface area contributed by atoms with E-state index in [2.05, 4.69) is 5.32 Å². The molecule has 1 amide bonds. The molecule has 1 aliphatic rings. The Morgan fingerprint density at radius 1 is 0.917 bits per heavy atom. The van der Waals surface area contributed by atoms with E-state index < -0.39 is 11.9 Å². The van der Waals surface area contributed by atoms with E-state index in [0.29, 0.717) is 66.0 Å². The summed E-state index contributed by atoms with van der Waals surface area (Å²) in [7, 11) is 4.61. The number of methoxy groups -OCH3 is 3. The molecule has 244 valence electrons. The molecule has 2 heterocycles. The lowest BCUT2D eigenvalue weighted by atomic mass is 9.94. The van der Waals surface area contributed by atoms with Crippen LogP contribution in [0, 0.1) is 5.82 Å². The van der Waals surface area contributed by atoms with Crippen molar-refractivity contribution in [2.75, 3.05) is 26.6 Å². The van der Waals surface area contributed by atoms with Crippen molar-refractivity contribution in [3.05, 3.63) is 144 Å². The summed E-state index contributed by atoms with van der Waals surface area (Å²) in [4.78, 5) is 33.3. The summed E-state index contributed by atoms with van der Waals surface area (Å²) in [6.45, 7) is 1.91. The van der Waals surface area contributed by atoms with Gasteiger partial charge in [0.25, 0.3) is 11.5 Å². The smallest absolute Gasteiger partial charge is 0.271 e. The van der Waals surface area contributed by atoms with Crippen LogP contribution in [0.2, 0.25) is 0 Å². The van der Waals surface area contributed by atoms with E-state index in [1.165, 1.54) is 42.3 Å². The third kappa shape index (κ3) is 6.58. The number of carbonyl (C=O) groups excluding carboxylic acids is 1. The average Bonchev–Trinajstić information content (AvgIpc) is 3.40. The number of aromatic nitrogens is 1. The number of rotatable bonds is 10. The number of hydrogen-bond donors (Lipinski definition) is 1. The van der Waals surface area contributed by atoms with Crippen molar-refractivity contribution >= 4 is 29.0 Å². The zero-order chi connectivity index (χ0) is 33.8. The molecule has 0 saturated heterocycles. The number of allylic oxidation sites excluding steroid dienone is 1. The van der Waals surface area contributed by atoms with Crippen LogP contribution in [0.3, 0.4) is 0 Å². The van der Waals surface area contributed by atoms with Gasteiger partial charge in [0.05, 0.1) is 37.1 Å². The number of ether oxygens (including phenoxy) is 4. The van der Waals surface area contributed by atoms with Crippen molar-refractivity contribution in [2.45, 2.75) is 19.6 Å². The lowest BCUT2D eigenvalue weighted by Crippen LogP contribution is -2.40. The summed E-state index contributed by atoms with van der Waals surface area (Å²) >= 11 is 1.21. The van der Waals surface area contributed by atoms with Gasteiger partial charge in [0, 0.05) is 17.3 Å². The van der Waals surface area contributed by atoms with Gasteiger partial charge in [-0.15, -0.1) is 0 Å². The second-order valence-corrected chi connectivity index (χ2v) is 11.8. The first-order valence-corrected chi connectivity index (χ1v) is 15.8. The van der Waals surface area contributed by atoms with Crippen LogP contribution in [0.1, 0.15) is 29.7 Å². The van der Waals surface area contributed by atoms with Gasteiger partial charge in [-0.05, 0) is 72.7 Å². The molecule has 48 heavy (non-hydrogen) atoms. The Hall–Kier alpha value is -5.68. The van der Waals surface area contributed by atoms with E-state index in [9.17, 15) is 14.0 Å². The predicted octanol–water partition coefficient (Wildman–Crippen LogP) is 5.62. The Balaban J connectivity index is 1.42. The maximum atomic E-state index is 14.2. The van der Waals surface area contributed by atoms with Gasteiger partial charge in [0.1, 0.15) is 30.0 Å². The number of carbonyl (C=O) groups is 1. The Morgan fingerprint density at radius 3 is 2.44 bits per heavy atom. The predicted molar refractivity (Wildman–Crippen MR) is 182 cm³/mol. The summed E-state index contributed by atoms with van der Waals surface area (Å²) in [6.07, 6.45) is 1.74. The second-order valence-electron chi connectivity index (χ2n) is 10.8. The van der Waals surface area contributed by atoms with Crippen molar-refractivity contribution in [1.82, 2.24) is 4.57 Å². The molecule has 0 spiro atoms. The molecule has 1 aromatic heterocycles. The van der Waals surface area contributed by atoms with Crippen molar-refractivity contribution in [3.8, 4) is 23.0 Å². The Labute approximate surface area is 279 Å². The van der Waals surface area contributed by atoms with E-state index >= 15 is 0 Å². The topological polar surface area (TPSA) is 100 Å². The van der Waals surface area contributed by atoms with Crippen LogP contribution in [-0.2, 0) is 11.4 Å². The highest BCUT2D eigenvalue weighted by molar-refractivity contribution is 7.07. The number of nitrogens with one attached hydrogen (secondary N) is 1. The second kappa shape index (κ2) is 14.0. The minimum absolute atomic E-state index is 0.153. The van der Waals surface area contributed by atoms with Crippen LogP contribution in [0.15, 0.2) is 112 Å². The minimum atomic E-state index is -0.846. The monoisotopic (exact) mass is 665 g/mol. The van der Waals surface area contributed by atoms with Gasteiger partial charge in [-0.1, -0.05) is 47.7 Å². The molecule has 9 nitrogen and oxygen atoms in total. The maximum absolute atomic E-state index is 14.2. The van der Waals surface area contributed by atoms with Gasteiger partial charge in [-0.25, -0.2) is 9.38 Å². The molecule has 0 bridgehead atoms. The van der Waals surface area contributed by atoms with Crippen molar-refractivity contribution in [3.63, 3.8) is 0 Å². The number of nitrogens with zero attached hydrogens (tertiary/aromatic N) is 2. The van der Waals surface area contributed by atoms with E-state index in [4.69, 9.17) is 23.9 Å². The molecule has 0 saturated carbocycles. The molecule has 1 atom stereocenters. The fourth-order valence-electron chi connectivity index (χ4n) is 5.50. The minimum Gasteiger partial charge on any atom is -0.497 e. The Kier molecular flexibility index (Phi) is 9.40. The molecule has 5 aromatic rings. The average molecular weight is 666 g/mol. The fourth-order valence-corrected chi connectivity index (χ4v) is 6.55. The normalized spacial score (nSPS) is 14.2. The molecule has 0 unspecified atom stereocenters. The van der Waals surface area contributed by atoms with E-state index in [1.807, 2.05) is 18.2 Å². The zero-order valence-corrected chi connectivity index (χ0v) is 27.5. The SMILES string of the molecule is COc1ccc([C@H]2C(C(=O)Nc3ccccc3)=C(C)N=c3s/c(=C\c4ccc(OCc5cccc(F)c5)c(OC)c4)c(=O)n32)c(OC)c1. The number of para-hydroxylation sites is 1. The largest absolute Gasteiger partial charge is 0.497 e. The Morgan fingerprint density at radius 2 is 1.71 bits per heavy atom. The summed E-state index contributed by atoms with van der Waals surface area (Å²) in [6, 6.07) is 25.0. The van der Waals surface area contributed by atoms with Crippen molar-refractivity contribution in [1.29, 1.82) is 0 Å². The van der Waals surface area contributed by atoms with Gasteiger partial charge in [0.2, 0.25) is 0 Å². The molecule has 11 heteroatoms. The molecule has 1 aliphatic heterocycles. The summed E-state index contributed by atoms with van der Waals surface area (Å²) in [5.74, 6) is 1.20. The first-order valence-electron chi connectivity index (χ1n) is 15.0. The molecule has 4 aromatic carbocycles. The van der Waals surface area contributed by atoms with Gasteiger partial charge in [-0.2, -0.15) is 0 Å². The van der Waals surface area contributed by atoms with Crippen LogP contribution >= 0.6 is 11.3 Å². The highest BCUT2D eigenvalue weighted by Gasteiger charge is 2.34. The van der Waals surface area contributed by atoms with Crippen molar-refractivity contribution < 1.29 is 28.1 Å². The quantitative estimate of drug-likeness (QED) is 0.208. The number of hydrogen-bond acceptors (Lipinski definition) is 8. The zero-order valence-electron chi connectivity index (χ0n) is 26.7. The molecule has 1 N–H and O–H groups in total. The van der Waals surface area contributed by atoms with E-state index in [-0.39, 0.29) is 18.0 Å². The van der Waals surface area contributed by atoms with Crippen LogP contribution in [0.5, 0.6) is 23.0 Å². The van der Waals surface area contributed by atoms with Gasteiger partial charge >= 0.3 is 0 Å². The van der Waals surface area contributed by atoms with Gasteiger partial charge in [0.15, 0.2) is 16.3 Å². The number of anilines is 1. The van der Waals surface area contributed by atoms with Gasteiger partial charge in [-0.3, -0.25) is 14.2 Å². The lowest BCUT2D eigenvalue weighted by Gasteiger charge is -2.26. The first kappa shape index (κ1) is 32.3. The van der Waals surface area contributed by atoms with Crippen LogP contribution in [-0.4, -0.2) is 31.8 Å². The highest BCUT2D eigenvalue weighted by atomic mass is 32.1. The Bertz CT molecular complexity index is 2210.